The van der Waals surface area contributed by atoms with Gasteiger partial charge in [0.1, 0.15) is 24.2 Å². The molecule has 10 heteroatoms. The molecule has 5 atom stereocenters. The zero-order valence-electron chi connectivity index (χ0n) is 17.7. The molecule has 3 amide bonds. The molecule has 0 spiro atoms. The Morgan fingerprint density at radius 1 is 1.00 bits per heavy atom. The molecule has 29 heavy (non-hydrogen) atoms. The molecule has 1 saturated heterocycles. The summed E-state index contributed by atoms with van der Waals surface area (Å²) >= 11 is 0. The van der Waals surface area contributed by atoms with Gasteiger partial charge in [0.15, 0.2) is 0 Å². The summed E-state index contributed by atoms with van der Waals surface area (Å²) in [5.74, 6) is -3.33. The van der Waals surface area contributed by atoms with Crippen LogP contribution in [0.15, 0.2) is 0 Å². The number of rotatable bonds is 9. The maximum Gasteiger partial charge on any atom is 0.326 e. The van der Waals surface area contributed by atoms with E-state index >= 15 is 0 Å². The minimum absolute atomic E-state index is 0.278. The second-order valence-electron chi connectivity index (χ2n) is 8.25. The number of amides is 3. The van der Waals surface area contributed by atoms with Gasteiger partial charge in [0.25, 0.3) is 0 Å². The number of carboxylic acid groups (broad SMARTS) is 1. The minimum atomic E-state index is -1.18. The van der Waals surface area contributed by atoms with Gasteiger partial charge in [-0.1, -0.05) is 27.7 Å². The van der Waals surface area contributed by atoms with E-state index in [0.717, 1.165) is 0 Å². The fourth-order valence-corrected chi connectivity index (χ4v) is 3.23. The van der Waals surface area contributed by atoms with Crippen molar-refractivity contribution >= 4 is 23.7 Å². The van der Waals surface area contributed by atoms with Crippen LogP contribution in [0.5, 0.6) is 0 Å². The maximum atomic E-state index is 13.1. The molecule has 0 aromatic heterocycles. The summed E-state index contributed by atoms with van der Waals surface area (Å²) in [6, 6.07) is -3.94. The lowest BCUT2D eigenvalue weighted by molar-refractivity contribution is -0.146. The molecule has 1 fully saturated rings. The van der Waals surface area contributed by atoms with Crippen LogP contribution in [-0.2, 0) is 19.2 Å². The van der Waals surface area contributed by atoms with Crippen LogP contribution in [0.2, 0.25) is 0 Å². The van der Waals surface area contributed by atoms with Gasteiger partial charge in [-0.15, -0.1) is 0 Å². The average molecular weight is 415 g/mol. The van der Waals surface area contributed by atoms with Gasteiger partial charge in [0.2, 0.25) is 17.7 Å². The number of carbonyl (C=O) groups is 4. The SMILES string of the molecule is CC(C)C(NC(=O)C1CCCN1C(=O)C(NC(=O)C(N)C(C)O)C(C)C)C(=O)O. The predicted molar refractivity (Wildman–Crippen MR) is 106 cm³/mol. The Labute approximate surface area is 171 Å². The van der Waals surface area contributed by atoms with Crippen molar-refractivity contribution in [2.24, 2.45) is 17.6 Å². The third-order valence-electron chi connectivity index (χ3n) is 5.12. The van der Waals surface area contributed by atoms with E-state index in [1.165, 1.54) is 11.8 Å². The average Bonchev–Trinajstić information content (AvgIpc) is 3.11. The quantitative estimate of drug-likeness (QED) is 0.325. The van der Waals surface area contributed by atoms with E-state index in [4.69, 9.17) is 5.73 Å². The Balaban J connectivity index is 2.94. The van der Waals surface area contributed by atoms with E-state index in [0.29, 0.717) is 19.4 Å². The lowest BCUT2D eigenvalue weighted by atomic mass is 10.0. The van der Waals surface area contributed by atoms with Crippen LogP contribution < -0.4 is 16.4 Å². The third-order valence-corrected chi connectivity index (χ3v) is 5.12. The molecule has 1 rings (SSSR count). The van der Waals surface area contributed by atoms with Crippen LogP contribution in [0.1, 0.15) is 47.5 Å². The summed E-state index contributed by atoms with van der Waals surface area (Å²) in [7, 11) is 0. The van der Waals surface area contributed by atoms with E-state index in [-0.39, 0.29) is 11.8 Å². The molecule has 166 valence electrons. The van der Waals surface area contributed by atoms with Crippen LogP contribution in [-0.4, -0.2) is 75.6 Å². The molecule has 10 nitrogen and oxygen atoms in total. The Morgan fingerprint density at radius 2 is 1.55 bits per heavy atom. The van der Waals surface area contributed by atoms with Crippen molar-refractivity contribution in [3.8, 4) is 0 Å². The summed E-state index contributed by atoms with van der Waals surface area (Å²) in [4.78, 5) is 50.7. The first-order valence-electron chi connectivity index (χ1n) is 9.96. The predicted octanol–water partition coefficient (Wildman–Crippen LogP) is -0.948. The molecule has 6 N–H and O–H groups in total. The number of likely N-dealkylation sites (tertiary alicyclic amines) is 1. The van der Waals surface area contributed by atoms with Crippen molar-refractivity contribution in [3.63, 3.8) is 0 Å². The molecule has 0 radical (unpaired) electrons. The van der Waals surface area contributed by atoms with Crippen LogP contribution in [0.4, 0.5) is 0 Å². The Hall–Kier alpha value is -2.20. The van der Waals surface area contributed by atoms with Crippen molar-refractivity contribution in [2.75, 3.05) is 6.54 Å². The first-order valence-corrected chi connectivity index (χ1v) is 9.96. The number of aliphatic hydroxyl groups excluding tert-OH is 1. The molecule has 0 saturated carbocycles. The van der Waals surface area contributed by atoms with Crippen molar-refractivity contribution < 1.29 is 29.4 Å². The molecule has 5 unspecified atom stereocenters. The summed E-state index contributed by atoms with van der Waals surface area (Å²) in [6.45, 7) is 8.59. The fraction of sp³-hybridized carbons (Fsp3) is 0.789. The highest BCUT2D eigenvalue weighted by Crippen LogP contribution is 2.21. The third kappa shape index (κ3) is 6.40. The van der Waals surface area contributed by atoms with Crippen molar-refractivity contribution in [1.82, 2.24) is 15.5 Å². The largest absolute Gasteiger partial charge is 0.480 e. The van der Waals surface area contributed by atoms with Crippen molar-refractivity contribution in [2.45, 2.75) is 77.7 Å². The first-order chi connectivity index (χ1) is 13.4. The van der Waals surface area contributed by atoms with E-state index in [2.05, 4.69) is 10.6 Å². The number of nitrogens with zero attached hydrogens (tertiary/aromatic N) is 1. The van der Waals surface area contributed by atoms with Gasteiger partial charge >= 0.3 is 5.97 Å². The van der Waals surface area contributed by atoms with Gasteiger partial charge in [-0.2, -0.15) is 0 Å². The van der Waals surface area contributed by atoms with Gasteiger partial charge in [0, 0.05) is 6.54 Å². The molecule has 1 heterocycles. The molecule has 1 aliphatic heterocycles. The van der Waals surface area contributed by atoms with E-state index in [1.807, 2.05) is 0 Å². The number of aliphatic carboxylic acids is 1. The van der Waals surface area contributed by atoms with Crippen molar-refractivity contribution in [3.05, 3.63) is 0 Å². The number of aliphatic hydroxyl groups is 1. The zero-order chi connectivity index (χ0) is 22.5. The molecular weight excluding hydrogens is 380 g/mol. The number of carbonyl (C=O) groups excluding carboxylic acids is 3. The maximum absolute atomic E-state index is 13.1. The van der Waals surface area contributed by atoms with E-state index < -0.39 is 54.0 Å². The lowest BCUT2D eigenvalue weighted by Gasteiger charge is -2.32. The summed E-state index contributed by atoms with van der Waals surface area (Å²) in [5, 5.41) is 23.9. The molecule has 0 aromatic carbocycles. The van der Waals surface area contributed by atoms with Crippen molar-refractivity contribution in [1.29, 1.82) is 0 Å². The molecule has 1 aliphatic rings. The first kappa shape index (κ1) is 24.8. The number of carboxylic acids is 1. The number of hydrogen-bond acceptors (Lipinski definition) is 6. The Bertz CT molecular complexity index is 622. The van der Waals surface area contributed by atoms with Crippen LogP contribution >= 0.6 is 0 Å². The van der Waals surface area contributed by atoms with Crippen LogP contribution in [0.25, 0.3) is 0 Å². The molecular formula is C19H34N4O6. The van der Waals surface area contributed by atoms with Gasteiger partial charge in [-0.05, 0) is 31.6 Å². The standard InChI is InChI=1S/C19H34N4O6/c1-9(2)14(21-17(26)13(20)11(5)24)18(27)23-8-6-7-12(23)16(25)22-15(10(3)4)19(28)29/h9-15,24H,6-8,20H2,1-5H3,(H,21,26)(H,22,25)(H,28,29). The van der Waals surface area contributed by atoms with E-state index in [9.17, 15) is 29.4 Å². The van der Waals surface area contributed by atoms with Crippen LogP contribution in [0, 0.1) is 11.8 Å². The van der Waals surface area contributed by atoms with Gasteiger partial charge in [-0.3, -0.25) is 14.4 Å². The van der Waals surface area contributed by atoms with Gasteiger partial charge in [-0.25, -0.2) is 4.79 Å². The summed E-state index contributed by atoms with van der Waals surface area (Å²) < 4.78 is 0. The molecule has 0 bridgehead atoms. The highest BCUT2D eigenvalue weighted by molar-refractivity contribution is 5.94. The Kier molecular flexibility index (Phi) is 9.03. The van der Waals surface area contributed by atoms with Crippen LogP contribution in [0.3, 0.4) is 0 Å². The summed E-state index contributed by atoms with van der Waals surface area (Å²) in [5.41, 5.74) is 5.64. The number of nitrogens with one attached hydrogen (secondary N) is 2. The highest BCUT2D eigenvalue weighted by atomic mass is 16.4. The van der Waals surface area contributed by atoms with Gasteiger partial charge in [0.05, 0.1) is 6.10 Å². The normalized spacial score (nSPS) is 20.9. The number of hydrogen-bond donors (Lipinski definition) is 5. The topological polar surface area (TPSA) is 162 Å². The smallest absolute Gasteiger partial charge is 0.326 e. The second-order valence-corrected chi connectivity index (χ2v) is 8.25. The lowest BCUT2D eigenvalue weighted by Crippen LogP contribution is -2.59. The Morgan fingerprint density at radius 3 is 2.00 bits per heavy atom. The fourth-order valence-electron chi connectivity index (χ4n) is 3.23. The number of nitrogens with two attached hydrogens (primary N) is 1. The zero-order valence-corrected chi connectivity index (χ0v) is 17.7. The molecule has 0 aliphatic carbocycles. The van der Waals surface area contributed by atoms with E-state index in [1.54, 1.807) is 27.7 Å². The minimum Gasteiger partial charge on any atom is -0.480 e. The van der Waals surface area contributed by atoms with Gasteiger partial charge < -0.3 is 31.5 Å². The highest BCUT2D eigenvalue weighted by Gasteiger charge is 2.40. The second kappa shape index (κ2) is 10.5. The molecule has 0 aromatic rings. The monoisotopic (exact) mass is 414 g/mol. The summed E-state index contributed by atoms with van der Waals surface area (Å²) in [6.07, 6.45) is -0.0735.